The first kappa shape index (κ1) is 25.6. The fraction of sp³-hybridized carbons (Fsp3) is 0.577. The van der Waals surface area contributed by atoms with Crippen LogP contribution in [0.15, 0.2) is 42.5 Å². The minimum absolute atomic E-state index is 0.0434. The summed E-state index contributed by atoms with van der Waals surface area (Å²) in [4.78, 5) is 16.1. The molecule has 3 aliphatic rings. The SMILES string of the molecule is CN(C)CCN(C)C(=O)NC[C@H]1CC[C@@H]2[C@H](O1)c1cc(C(F)(F)F)ccc1N[C@H]2C1C=CC=CC1. The number of carbonyl (C=O) groups is 1. The molecule has 0 spiro atoms. The Bertz CT molecular complexity index is 962. The number of anilines is 1. The molecule has 2 amide bonds. The summed E-state index contributed by atoms with van der Waals surface area (Å²) in [7, 11) is 5.65. The van der Waals surface area contributed by atoms with E-state index in [1.54, 1.807) is 11.9 Å². The van der Waals surface area contributed by atoms with E-state index in [-0.39, 0.29) is 30.0 Å². The quantitative estimate of drug-likeness (QED) is 0.606. The number of halogens is 3. The van der Waals surface area contributed by atoms with Gasteiger partial charge in [0.15, 0.2) is 0 Å². The predicted octanol–water partition coefficient (Wildman–Crippen LogP) is 4.67. The van der Waals surface area contributed by atoms with Crippen LogP contribution in [0.25, 0.3) is 0 Å². The maximum absolute atomic E-state index is 13.5. The molecule has 4 rings (SSSR count). The molecule has 1 aliphatic carbocycles. The highest BCUT2D eigenvalue weighted by Crippen LogP contribution is 2.49. The van der Waals surface area contributed by atoms with Crippen molar-refractivity contribution in [3.63, 3.8) is 0 Å². The number of likely N-dealkylation sites (N-methyl/N-ethyl adjacent to an activating group) is 2. The van der Waals surface area contributed by atoms with Crippen molar-refractivity contribution in [3.05, 3.63) is 53.6 Å². The standard InChI is InChI=1S/C26H35F3N4O2/c1-32(2)13-14-33(3)25(34)30-16-19-10-11-20-23(17-7-5-4-6-8-17)31-22-12-9-18(26(27,28)29)15-21(22)24(20)35-19/h4-7,9,12,15,17,19-20,23-24,31H,8,10-11,13-14,16H2,1-3H3,(H,30,34)/t17?,19-,20+,23+,24+/m1/s1. The summed E-state index contributed by atoms with van der Waals surface area (Å²) in [6.45, 7) is 1.68. The van der Waals surface area contributed by atoms with Crippen molar-refractivity contribution in [2.75, 3.05) is 46.1 Å². The molecule has 0 radical (unpaired) electrons. The third-order valence-electron chi connectivity index (χ3n) is 7.20. The molecule has 1 unspecified atom stereocenters. The molecule has 1 aromatic carbocycles. The molecule has 1 saturated heterocycles. The van der Waals surface area contributed by atoms with Crippen LogP contribution in [0, 0.1) is 11.8 Å². The van der Waals surface area contributed by atoms with Gasteiger partial charge in [0.2, 0.25) is 0 Å². The Morgan fingerprint density at radius 2 is 1.97 bits per heavy atom. The highest BCUT2D eigenvalue weighted by molar-refractivity contribution is 5.73. The van der Waals surface area contributed by atoms with Gasteiger partial charge in [0.25, 0.3) is 0 Å². The largest absolute Gasteiger partial charge is 0.416 e. The Hall–Kier alpha value is -2.52. The van der Waals surface area contributed by atoms with Crippen molar-refractivity contribution >= 4 is 11.7 Å². The van der Waals surface area contributed by atoms with Crippen molar-refractivity contribution in [1.82, 2.24) is 15.1 Å². The van der Waals surface area contributed by atoms with Gasteiger partial charge < -0.3 is 25.2 Å². The van der Waals surface area contributed by atoms with Gasteiger partial charge in [-0.25, -0.2) is 4.79 Å². The molecular weight excluding hydrogens is 457 g/mol. The number of nitrogens with one attached hydrogen (secondary N) is 2. The smallest absolute Gasteiger partial charge is 0.381 e. The number of ether oxygens (including phenoxy) is 1. The van der Waals surface area contributed by atoms with Crippen molar-refractivity contribution < 1.29 is 22.7 Å². The third-order valence-corrected chi connectivity index (χ3v) is 7.20. The summed E-state index contributed by atoms with van der Waals surface area (Å²) >= 11 is 0. The van der Waals surface area contributed by atoms with Gasteiger partial charge in [0, 0.05) is 55.8 Å². The third kappa shape index (κ3) is 6.01. The van der Waals surface area contributed by atoms with Gasteiger partial charge >= 0.3 is 12.2 Å². The second-order valence-electron chi connectivity index (χ2n) is 10.0. The van der Waals surface area contributed by atoms with Gasteiger partial charge in [0.1, 0.15) is 0 Å². The number of hydrogen-bond acceptors (Lipinski definition) is 4. The average molecular weight is 493 g/mol. The van der Waals surface area contributed by atoms with Crippen LogP contribution >= 0.6 is 0 Å². The highest BCUT2D eigenvalue weighted by atomic mass is 19.4. The number of nitrogens with zero attached hydrogens (tertiary/aromatic N) is 2. The van der Waals surface area contributed by atoms with Crippen LogP contribution in [0.1, 0.15) is 36.5 Å². The van der Waals surface area contributed by atoms with Crippen LogP contribution in [-0.2, 0) is 10.9 Å². The first-order chi connectivity index (χ1) is 16.6. The van der Waals surface area contributed by atoms with Crippen LogP contribution in [0.5, 0.6) is 0 Å². The minimum Gasteiger partial charge on any atom is -0.381 e. The molecule has 0 saturated carbocycles. The zero-order valence-corrected chi connectivity index (χ0v) is 20.5. The molecule has 0 aromatic heterocycles. The van der Waals surface area contributed by atoms with E-state index >= 15 is 0 Å². The Morgan fingerprint density at radius 3 is 2.66 bits per heavy atom. The summed E-state index contributed by atoms with van der Waals surface area (Å²) in [6, 6.07) is 3.77. The van der Waals surface area contributed by atoms with E-state index in [0.29, 0.717) is 24.3 Å². The molecule has 1 fully saturated rings. The molecular formula is C26H35F3N4O2. The molecule has 5 atom stereocenters. The molecule has 0 bridgehead atoms. The number of allylic oxidation sites excluding steroid dienone is 3. The van der Waals surface area contributed by atoms with Gasteiger partial charge in [-0.1, -0.05) is 24.3 Å². The molecule has 2 N–H and O–H groups in total. The number of alkyl halides is 3. The zero-order chi connectivity index (χ0) is 25.2. The van der Waals surface area contributed by atoms with Crippen LogP contribution in [0.4, 0.5) is 23.7 Å². The second kappa shape index (κ2) is 10.6. The molecule has 35 heavy (non-hydrogen) atoms. The van der Waals surface area contributed by atoms with E-state index in [1.165, 1.54) is 12.1 Å². The van der Waals surface area contributed by atoms with E-state index in [4.69, 9.17) is 4.74 Å². The number of urea groups is 1. The predicted molar refractivity (Wildman–Crippen MR) is 130 cm³/mol. The van der Waals surface area contributed by atoms with Gasteiger partial charge in [0.05, 0.1) is 17.8 Å². The van der Waals surface area contributed by atoms with Crippen molar-refractivity contribution in [3.8, 4) is 0 Å². The Labute approximate surface area is 205 Å². The summed E-state index contributed by atoms with van der Waals surface area (Å²) in [5, 5.41) is 6.47. The summed E-state index contributed by atoms with van der Waals surface area (Å²) < 4.78 is 46.9. The fourth-order valence-corrected chi connectivity index (χ4v) is 5.20. The van der Waals surface area contributed by atoms with Crippen molar-refractivity contribution in [2.45, 2.75) is 43.7 Å². The zero-order valence-electron chi connectivity index (χ0n) is 20.5. The Balaban J connectivity index is 1.50. The first-order valence-electron chi connectivity index (χ1n) is 12.2. The van der Waals surface area contributed by atoms with Crippen molar-refractivity contribution in [1.29, 1.82) is 0 Å². The number of amides is 2. The fourth-order valence-electron chi connectivity index (χ4n) is 5.20. The Morgan fingerprint density at radius 1 is 1.17 bits per heavy atom. The molecule has 2 heterocycles. The van der Waals surface area contributed by atoms with Crippen LogP contribution < -0.4 is 10.6 Å². The summed E-state index contributed by atoms with van der Waals surface area (Å²) in [6.07, 6.45) is 5.63. The van der Waals surface area contributed by atoms with E-state index in [2.05, 4.69) is 22.8 Å². The van der Waals surface area contributed by atoms with Gasteiger partial charge in [-0.15, -0.1) is 0 Å². The van der Waals surface area contributed by atoms with Crippen LogP contribution in [0.2, 0.25) is 0 Å². The first-order valence-corrected chi connectivity index (χ1v) is 12.2. The summed E-state index contributed by atoms with van der Waals surface area (Å²) in [5.74, 6) is 0.287. The van der Waals surface area contributed by atoms with E-state index < -0.39 is 17.8 Å². The topological polar surface area (TPSA) is 56.8 Å². The minimum atomic E-state index is -4.42. The van der Waals surface area contributed by atoms with E-state index in [0.717, 1.165) is 31.9 Å². The van der Waals surface area contributed by atoms with Gasteiger partial charge in [-0.3, -0.25) is 0 Å². The molecule has 2 aliphatic heterocycles. The van der Waals surface area contributed by atoms with Crippen molar-refractivity contribution in [2.24, 2.45) is 11.8 Å². The lowest BCUT2D eigenvalue weighted by Crippen LogP contribution is -2.49. The number of benzene rings is 1. The van der Waals surface area contributed by atoms with E-state index in [9.17, 15) is 18.0 Å². The maximum Gasteiger partial charge on any atom is 0.416 e. The lowest BCUT2D eigenvalue weighted by atomic mass is 9.73. The molecule has 9 heteroatoms. The van der Waals surface area contributed by atoms with Crippen LogP contribution in [-0.4, -0.2) is 68.8 Å². The number of fused-ring (bicyclic) bond motifs is 3. The number of hydrogen-bond donors (Lipinski definition) is 2. The average Bonchev–Trinajstić information content (AvgIpc) is 2.84. The highest BCUT2D eigenvalue weighted by Gasteiger charge is 2.45. The number of rotatable bonds is 6. The van der Waals surface area contributed by atoms with Crippen LogP contribution in [0.3, 0.4) is 0 Å². The van der Waals surface area contributed by atoms with Gasteiger partial charge in [-0.2, -0.15) is 13.2 Å². The van der Waals surface area contributed by atoms with Gasteiger partial charge in [-0.05, 0) is 51.6 Å². The number of carbonyl (C=O) groups excluding carboxylic acids is 1. The van der Waals surface area contributed by atoms with E-state index in [1.807, 2.05) is 31.1 Å². The lowest BCUT2D eigenvalue weighted by molar-refractivity contribution is -0.138. The maximum atomic E-state index is 13.5. The Kier molecular flexibility index (Phi) is 7.76. The monoisotopic (exact) mass is 492 g/mol. The lowest BCUT2D eigenvalue weighted by Gasteiger charge is -2.47. The molecule has 1 aromatic rings. The molecule has 6 nitrogen and oxygen atoms in total. The second-order valence-corrected chi connectivity index (χ2v) is 10.0. The summed E-state index contributed by atoms with van der Waals surface area (Å²) in [5.41, 5.74) is 0.577. The molecule has 192 valence electrons. The normalized spacial score (nSPS) is 27.7.